The normalized spacial score (nSPS) is 13.0. The number of hydrogen-bond acceptors (Lipinski definition) is 5. The fourth-order valence-corrected chi connectivity index (χ4v) is 5.17. The van der Waals surface area contributed by atoms with Crippen molar-refractivity contribution in [3.8, 4) is 12.3 Å². The molecule has 0 saturated heterocycles. The summed E-state index contributed by atoms with van der Waals surface area (Å²) in [6, 6.07) is 18.6. The van der Waals surface area contributed by atoms with Crippen molar-refractivity contribution in [2.45, 2.75) is 71.2 Å². The van der Waals surface area contributed by atoms with E-state index in [2.05, 4.69) is 16.6 Å². The Morgan fingerprint density at radius 2 is 1.60 bits per heavy atom. The average Bonchev–Trinajstić information content (AvgIpc) is 2.91. The Morgan fingerprint density at radius 3 is 2.21 bits per heavy atom. The molecule has 0 saturated carbocycles. The first-order valence-electron chi connectivity index (χ1n) is 13.9. The molecule has 3 amide bonds. The van der Waals surface area contributed by atoms with E-state index in [4.69, 9.17) is 11.2 Å². The third-order valence-corrected chi connectivity index (χ3v) is 7.14. The SMILES string of the molecule is C#Cc1ccccc1C(C(=O)Nc1ccc2ccccc2c1)N(C(=O)C(CCSC)NC(=O)OC(C)(C)C)C(C)(C)C. The molecule has 0 spiro atoms. The number of anilines is 1. The lowest BCUT2D eigenvalue weighted by Gasteiger charge is -2.43. The number of nitrogens with zero attached hydrogens (tertiary/aromatic N) is 1. The number of ether oxygens (including phenoxy) is 1. The summed E-state index contributed by atoms with van der Waals surface area (Å²) in [7, 11) is 0. The van der Waals surface area contributed by atoms with Gasteiger partial charge in [0, 0.05) is 16.8 Å². The molecule has 0 aliphatic heterocycles. The summed E-state index contributed by atoms with van der Waals surface area (Å²) in [5.74, 6) is 2.46. The highest BCUT2D eigenvalue weighted by Crippen LogP contribution is 2.33. The Bertz CT molecular complexity index is 1470. The number of terminal acetylenes is 1. The molecule has 0 bridgehead atoms. The number of fused-ring (bicyclic) bond motifs is 1. The third kappa shape index (κ3) is 8.53. The van der Waals surface area contributed by atoms with Gasteiger partial charge in [-0.3, -0.25) is 9.59 Å². The molecule has 0 radical (unpaired) electrons. The predicted molar refractivity (Wildman–Crippen MR) is 172 cm³/mol. The van der Waals surface area contributed by atoms with Crippen molar-refractivity contribution in [3.05, 3.63) is 77.9 Å². The summed E-state index contributed by atoms with van der Waals surface area (Å²) < 4.78 is 5.47. The van der Waals surface area contributed by atoms with Gasteiger partial charge in [0.2, 0.25) is 5.91 Å². The van der Waals surface area contributed by atoms with Crippen LogP contribution in [-0.2, 0) is 14.3 Å². The van der Waals surface area contributed by atoms with E-state index in [1.807, 2.05) is 69.5 Å². The van der Waals surface area contributed by atoms with E-state index in [1.54, 1.807) is 56.8 Å². The fourth-order valence-electron chi connectivity index (χ4n) is 4.70. The van der Waals surface area contributed by atoms with Crippen molar-refractivity contribution in [3.63, 3.8) is 0 Å². The summed E-state index contributed by atoms with van der Waals surface area (Å²) in [6.07, 6.45) is 7.46. The average molecular weight is 588 g/mol. The second-order valence-electron chi connectivity index (χ2n) is 12.0. The molecule has 0 aliphatic carbocycles. The molecule has 2 atom stereocenters. The van der Waals surface area contributed by atoms with Crippen molar-refractivity contribution in [1.29, 1.82) is 0 Å². The molecule has 7 nitrogen and oxygen atoms in total. The predicted octanol–water partition coefficient (Wildman–Crippen LogP) is 6.77. The van der Waals surface area contributed by atoms with Crippen LogP contribution in [0.4, 0.5) is 10.5 Å². The number of carbonyl (C=O) groups excluding carboxylic acids is 3. The molecule has 0 aliphatic rings. The van der Waals surface area contributed by atoms with Crippen LogP contribution in [0.5, 0.6) is 0 Å². The second-order valence-corrected chi connectivity index (χ2v) is 13.0. The molecule has 222 valence electrons. The number of carbonyl (C=O) groups is 3. The van der Waals surface area contributed by atoms with Crippen LogP contribution in [0.2, 0.25) is 0 Å². The second kappa shape index (κ2) is 13.8. The number of rotatable bonds is 9. The van der Waals surface area contributed by atoms with Crippen LogP contribution in [0, 0.1) is 12.3 Å². The van der Waals surface area contributed by atoms with Crippen LogP contribution in [-0.4, -0.2) is 52.0 Å². The summed E-state index contributed by atoms with van der Waals surface area (Å²) in [5.41, 5.74) is 0.0298. The minimum absolute atomic E-state index is 0.349. The van der Waals surface area contributed by atoms with Gasteiger partial charge in [0.05, 0.1) is 0 Å². The smallest absolute Gasteiger partial charge is 0.408 e. The lowest BCUT2D eigenvalue weighted by molar-refractivity contribution is -0.146. The lowest BCUT2D eigenvalue weighted by Crippen LogP contribution is -2.58. The number of alkyl carbamates (subject to hydrolysis) is 1. The number of hydrogen-bond donors (Lipinski definition) is 2. The van der Waals surface area contributed by atoms with Gasteiger partial charge in [0.1, 0.15) is 17.7 Å². The minimum atomic E-state index is -1.09. The molecule has 8 heteroatoms. The van der Waals surface area contributed by atoms with Gasteiger partial charge in [0.25, 0.3) is 5.91 Å². The number of amides is 3. The molecule has 0 fully saturated rings. The first-order valence-corrected chi connectivity index (χ1v) is 15.3. The zero-order valence-electron chi connectivity index (χ0n) is 25.5. The largest absolute Gasteiger partial charge is 0.444 e. The molecular weight excluding hydrogens is 546 g/mol. The van der Waals surface area contributed by atoms with Crippen LogP contribution in [0.15, 0.2) is 66.7 Å². The Morgan fingerprint density at radius 1 is 0.952 bits per heavy atom. The van der Waals surface area contributed by atoms with Gasteiger partial charge in [-0.2, -0.15) is 11.8 Å². The summed E-state index contributed by atoms with van der Waals surface area (Å²) >= 11 is 1.56. The highest BCUT2D eigenvalue weighted by molar-refractivity contribution is 7.98. The number of thioether (sulfide) groups is 1. The number of benzene rings is 3. The minimum Gasteiger partial charge on any atom is -0.444 e. The molecular formula is C34H41N3O4S. The lowest BCUT2D eigenvalue weighted by atomic mass is 9.92. The van der Waals surface area contributed by atoms with E-state index in [-0.39, 0.29) is 0 Å². The van der Waals surface area contributed by atoms with Crippen molar-refractivity contribution >= 4 is 46.1 Å². The maximum atomic E-state index is 14.5. The van der Waals surface area contributed by atoms with E-state index in [1.165, 1.54) is 4.90 Å². The van der Waals surface area contributed by atoms with Gasteiger partial charge < -0.3 is 20.3 Å². The van der Waals surface area contributed by atoms with Crippen molar-refractivity contribution < 1.29 is 19.1 Å². The highest BCUT2D eigenvalue weighted by atomic mass is 32.2. The molecule has 3 aromatic carbocycles. The van der Waals surface area contributed by atoms with E-state index in [0.717, 1.165) is 10.8 Å². The van der Waals surface area contributed by atoms with Gasteiger partial charge in [-0.25, -0.2) is 4.79 Å². The van der Waals surface area contributed by atoms with Crippen LogP contribution in [0.3, 0.4) is 0 Å². The van der Waals surface area contributed by atoms with Gasteiger partial charge in [-0.15, -0.1) is 6.42 Å². The van der Waals surface area contributed by atoms with Crippen molar-refractivity contribution in [2.24, 2.45) is 0 Å². The van der Waals surface area contributed by atoms with Crippen LogP contribution in [0.25, 0.3) is 10.8 Å². The third-order valence-electron chi connectivity index (χ3n) is 6.49. The summed E-state index contributed by atoms with van der Waals surface area (Å²) in [6.45, 7) is 10.9. The fraction of sp³-hybridized carbons (Fsp3) is 0.382. The number of nitrogens with one attached hydrogen (secondary N) is 2. The molecule has 0 heterocycles. The Labute approximate surface area is 253 Å². The topological polar surface area (TPSA) is 87.7 Å². The van der Waals surface area contributed by atoms with Gasteiger partial charge in [-0.1, -0.05) is 54.5 Å². The Kier molecular flexibility index (Phi) is 10.7. The summed E-state index contributed by atoms with van der Waals surface area (Å²) in [4.78, 5) is 43.1. The quantitative estimate of drug-likeness (QED) is 0.270. The van der Waals surface area contributed by atoms with E-state index in [9.17, 15) is 14.4 Å². The highest BCUT2D eigenvalue weighted by Gasteiger charge is 2.42. The Hall–Kier alpha value is -3.96. The standard InChI is InChI=1S/C34H41N3O4S/c1-9-23-14-12-13-17-27(23)29(30(38)35-26-19-18-24-15-10-11-16-25(24)22-26)37(33(2,3)4)31(39)28(20-21-42-8)36-32(40)41-34(5,6)7/h1,10-19,22,28-29H,20-21H2,2-8H3,(H,35,38)(H,36,40). The van der Waals surface area contributed by atoms with Crippen molar-refractivity contribution in [1.82, 2.24) is 10.2 Å². The molecule has 2 N–H and O–H groups in total. The molecule has 2 unspecified atom stereocenters. The van der Waals surface area contributed by atoms with Gasteiger partial charge >= 0.3 is 6.09 Å². The molecule has 0 aromatic heterocycles. The maximum absolute atomic E-state index is 14.5. The summed E-state index contributed by atoms with van der Waals surface area (Å²) in [5, 5.41) is 7.81. The molecule has 42 heavy (non-hydrogen) atoms. The maximum Gasteiger partial charge on any atom is 0.408 e. The van der Waals surface area contributed by atoms with Gasteiger partial charge in [-0.05, 0) is 94.5 Å². The van der Waals surface area contributed by atoms with E-state index >= 15 is 0 Å². The van der Waals surface area contributed by atoms with Crippen LogP contribution < -0.4 is 10.6 Å². The van der Waals surface area contributed by atoms with Crippen molar-refractivity contribution in [2.75, 3.05) is 17.3 Å². The first-order chi connectivity index (χ1) is 19.7. The monoisotopic (exact) mass is 587 g/mol. The Balaban J connectivity index is 2.10. The van der Waals surface area contributed by atoms with Crippen LogP contribution in [0.1, 0.15) is 65.1 Å². The zero-order valence-corrected chi connectivity index (χ0v) is 26.3. The zero-order chi connectivity index (χ0) is 31.1. The van der Waals surface area contributed by atoms with E-state index in [0.29, 0.717) is 29.0 Å². The van der Waals surface area contributed by atoms with E-state index < -0.39 is 41.1 Å². The molecule has 3 aromatic rings. The van der Waals surface area contributed by atoms with Gasteiger partial charge in [0.15, 0.2) is 0 Å². The van der Waals surface area contributed by atoms with Crippen LogP contribution >= 0.6 is 11.8 Å². The molecule has 3 rings (SSSR count). The first kappa shape index (κ1) is 32.6.